The first kappa shape index (κ1) is 34.8. The van der Waals surface area contributed by atoms with Gasteiger partial charge in [-0.2, -0.15) is 0 Å². The Morgan fingerprint density at radius 2 is 1.30 bits per heavy atom. The third-order valence-electron chi connectivity index (χ3n) is 6.82. The van der Waals surface area contributed by atoms with Gasteiger partial charge in [0.25, 0.3) is 0 Å². The SMILES string of the molecule is CCCCCCCCOc1ccc(-c2ccc(OC(=O)c3ccc([C]4[CH][CH][CH][CH]4)cc3)cc2F)cc1F.[CH]1[CH][CH][CH][CH]1.[Fe+2]. The largest absolute Gasteiger partial charge is 2.00 e. The first-order valence-electron chi connectivity index (χ1n) is 14.5. The van der Waals surface area contributed by atoms with E-state index in [0.717, 1.165) is 36.8 Å². The van der Waals surface area contributed by atoms with Crippen LogP contribution in [-0.2, 0) is 17.1 Å². The van der Waals surface area contributed by atoms with Gasteiger partial charge in [-0.15, -0.1) is 0 Å². The van der Waals surface area contributed by atoms with Crippen molar-refractivity contribution in [2.75, 3.05) is 6.61 Å². The maximum absolute atomic E-state index is 14.9. The van der Waals surface area contributed by atoms with E-state index < -0.39 is 17.6 Å². The maximum Gasteiger partial charge on any atom is 2.00 e. The Morgan fingerprint density at radius 3 is 1.93 bits per heavy atom. The number of ether oxygens (including phenoxy) is 2. The predicted molar refractivity (Wildman–Crippen MR) is 163 cm³/mol. The molecular formula is C37H36F2FeO3+2. The molecule has 0 aromatic heterocycles. The molecule has 2 aliphatic carbocycles. The van der Waals surface area contributed by atoms with E-state index in [9.17, 15) is 13.6 Å². The number of rotatable bonds is 12. The van der Waals surface area contributed by atoms with Crippen molar-refractivity contribution >= 4 is 5.97 Å². The fourth-order valence-electron chi connectivity index (χ4n) is 4.50. The Balaban J connectivity index is 0.000000765. The molecule has 2 saturated carbocycles. The van der Waals surface area contributed by atoms with Crippen molar-refractivity contribution in [2.45, 2.75) is 45.4 Å². The van der Waals surface area contributed by atoms with E-state index in [1.54, 1.807) is 18.2 Å². The van der Waals surface area contributed by atoms with E-state index >= 15 is 0 Å². The normalized spacial score (nSPS) is 14.5. The van der Waals surface area contributed by atoms with Gasteiger partial charge < -0.3 is 9.47 Å². The van der Waals surface area contributed by atoms with Gasteiger partial charge in [-0.3, -0.25) is 0 Å². The average molecular weight is 623 g/mol. The van der Waals surface area contributed by atoms with Crippen molar-refractivity contribution in [1.82, 2.24) is 0 Å². The van der Waals surface area contributed by atoms with Crippen LogP contribution in [-0.4, -0.2) is 12.6 Å². The Kier molecular flexibility index (Phi) is 15.3. The van der Waals surface area contributed by atoms with Crippen LogP contribution in [0.2, 0.25) is 0 Å². The number of carbonyl (C=O) groups excluding carboxylic acids is 1. The van der Waals surface area contributed by atoms with E-state index in [2.05, 4.69) is 6.92 Å². The van der Waals surface area contributed by atoms with Gasteiger partial charge in [0, 0.05) is 17.5 Å². The summed E-state index contributed by atoms with van der Waals surface area (Å²) in [7, 11) is 0. The van der Waals surface area contributed by atoms with Crippen LogP contribution >= 0.6 is 0 Å². The van der Waals surface area contributed by atoms with Gasteiger partial charge in [-0.1, -0.05) is 57.2 Å². The molecule has 3 aromatic rings. The minimum absolute atomic E-state index is 0. The number of esters is 1. The number of hydrogen-bond acceptors (Lipinski definition) is 3. The van der Waals surface area contributed by atoms with Crippen LogP contribution in [0.3, 0.4) is 0 Å². The summed E-state index contributed by atoms with van der Waals surface area (Å²) in [6.45, 7) is 2.63. The first-order valence-corrected chi connectivity index (χ1v) is 14.5. The van der Waals surface area contributed by atoms with Gasteiger partial charge in [0.2, 0.25) is 0 Å². The molecule has 0 N–H and O–H groups in total. The molecule has 6 heteroatoms. The molecule has 43 heavy (non-hydrogen) atoms. The molecule has 0 saturated heterocycles. The Labute approximate surface area is 267 Å². The van der Waals surface area contributed by atoms with E-state index in [4.69, 9.17) is 9.47 Å². The van der Waals surface area contributed by atoms with Crippen LogP contribution in [0.15, 0.2) is 60.7 Å². The van der Waals surface area contributed by atoms with Gasteiger partial charge in [0.15, 0.2) is 11.6 Å². The van der Waals surface area contributed by atoms with Crippen molar-refractivity contribution in [3.8, 4) is 22.6 Å². The van der Waals surface area contributed by atoms with Crippen LogP contribution in [0, 0.1) is 75.3 Å². The van der Waals surface area contributed by atoms with E-state index in [1.807, 2.05) is 69.9 Å². The minimum Gasteiger partial charge on any atom is -0.491 e. The number of benzene rings is 3. The molecule has 3 nitrogen and oxygen atoms in total. The summed E-state index contributed by atoms with van der Waals surface area (Å²) in [6.07, 6.45) is 24.6. The maximum atomic E-state index is 14.9. The minimum atomic E-state index is -0.614. The third-order valence-corrected chi connectivity index (χ3v) is 6.82. The molecule has 0 amide bonds. The summed E-state index contributed by atoms with van der Waals surface area (Å²) in [6, 6.07) is 15.5. The van der Waals surface area contributed by atoms with Crippen molar-refractivity contribution in [2.24, 2.45) is 0 Å². The summed E-state index contributed by atoms with van der Waals surface area (Å²) >= 11 is 0. The standard InChI is InChI=1S/C32H31F2O3.C5H5.Fe/c1-2-3-4-5-6-9-20-36-31-19-16-26(21-30(31)34)28-18-17-27(22-29(28)33)37-32(35)25-14-12-24(13-15-25)23-10-7-8-11-23;1-2-4-5-3-1;/h7-8,10-19,21-22H,2-6,9,20H2,1H3;1-5H;/q;;+2. The Bertz CT molecular complexity index is 1240. The number of carbonyl (C=O) groups is 1. The van der Waals surface area contributed by atoms with Crippen LogP contribution < -0.4 is 9.47 Å². The van der Waals surface area contributed by atoms with E-state index in [0.29, 0.717) is 17.7 Å². The quantitative estimate of drug-likeness (QED) is 0.0874. The van der Waals surface area contributed by atoms with Gasteiger partial charge in [0.1, 0.15) is 11.6 Å². The van der Waals surface area contributed by atoms with Crippen molar-refractivity contribution < 1.29 is 40.1 Å². The van der Waals surface area contributed by atoms with E-state index in [1.165, 1.54) is 43.5 Å². The number of hydrogen-bond donors (Lipinski definition) is 0. The number of unbranched alkanes of at least 4 members (excludes halogenated alkanes) is 5. The molecule has 222 valence electrons. The molecule has 3 aromatic carbocycles. The summed E-state index contributed by atoms with van der Waals surface area (Å²) in [5, 5.41) is 0. The Morgan fingerprint density at radius 1 is 0.674 bits per heavy atom. The van der Waals surface area contributed by atoms with Crippen molar-refractivity contribution in [3.63, 3.8) is 0 Å². The summed E-state index contributed by atoms with van der Waals surface area (Å²) in [4.78, 5) is 12.5. The zero-order valence-electron chi connectivity index (χ0n) is 24.3. The van der Waals surface area contributed by atoms with Crippen LogP contribution in [0.4, 0.5) is 8.78 Å². The van der Waals surface area contributed by atoms with Gasteiger partial charge >= 0.3 is 23.0 Å². The fourth-order valence-corrected chi connectivity index (χ4v) is 4.50. The monoisotopic (exact) mass is 622 g/mol. The molecule has 5 rings (SSSR count). The second kappa shape index (κ2) is 18.9. The molecule has 2 fully saturated rings. The van der Waals surface area contributed by atoms with Crippen molar-refractivity contribution in [3.05, 3.63) is 147 Å². The van der Waals surface area contributed by atoms with Crippen LogP contribution in [0.5, 0.6) is 11.5 Å². The fraction of sp³-hybridized carbons (Fsp3) is 0.216. The Hall–Kier alpha value is -2.69. The van der Waals surface area contributed by atoms with Crippen molar-refractivity contribution in [1.29, 1.82) is 0 Å². The molecular weight excluding hydrogens is 586 g/mol. The van der Waals surface area contributed by atoms with Gasteiger partial charge in [-0.25, -0.2) is 13.6 Å². The summed E-state index contributed by atoms with van der Waals surface area (Å²) in [5.41, 5.74) is 1.93. The molecule has 0 bridgehead atoms. The smallest absolute Gasteiger partial charge is 0.491 e. The number of halogens is 2. The molecule has 0 spiro atoms. The second-order valence-electron chi connectivity index (χ2n) is 10.0. The van der Waals surface area contributed by atoms with Crippen LogP contribution in [0.1, 0.15) is 61.4 Å². The zero-order chi connectivity index (χ0) is 29.6. The predicted octanol–water partition coefficient (Wildman–Crippen LogP) is 9.36. The second-order valence-corrected chi connectivity index (χ2v) is 10.0. The molecule has 0 aliphatic heterocycles. The topological polar surface area (TPSA) is 35.5 Å². The summed E-state index contributed by atoms with van der Waals surface area (Å²) in [5.74, 6) is -0.440. The molecule has 10 radical (unpaired) electrons. The summed E-state index contributed by atoms with van der Waals surface area (Å²) < 4.78 is 40.4. The zero-order valence-corrected chi connectivity index (χ0v) is 25.4. The van der Waals surface area contributed by atoms with Gasteiger partial charge in [-0.05, 0) is 112 Å². The van der Waals surface area contributed by atoms with Gasteiger partial charge in [0.05, 0.1) is 12.2 Å². The van der Waals surface area contributed by atoms with Crippen LogP contribution in [0.25, 0.3) is 11.1 Å². The molecule has 2 aliphatic rings. The van der Waals surface area contributed by atoms with E-state index in [-0.39, 0.29) is 34.1 Å². The average Bonchev–Trinajstić information content (AvgIpc) is 3.76. The molecule has 0 atom stereocenters. The first-order chi connectivity index (χ1) is 20.5. The third kappa shape index (κ3) is 11.1. The molecule has 0 heterocycles. The molecule has 0 unspecified atom stereocenters.